The van der Waals surface area contributed by atoms with Gasteiger partial charge >= 0.3 is 0 Å². The van der Waals surface area contributed by atoms with E-state index >= 15 is 0 Å². The van der Waals surface area contributed by atoms with Crippen LogP contribution in [-0.4, -0.2) is 23.8 Å². The molecule has 0 spiro atoms. The van der Waals surface area contributed by atoms with E-state index < -0.39 is 5.60 Å². The number of amides is 1. The van der Waals surface area contributed by atoms with Crippen LogP contribution < -0.4 is 4.90 Å². The molecule has 1 N–H and O–H groups in total. The highest BCUT2D eigenvalue weighted by molar-refractivity contribution is 6.17. The zero-order valence-corrected chi connectivity index (χ0v) is 15.7. The quantitative estimate of drug-likeness (QED) is 0.633. The molecule has 1 amide bonds. The Balaban J connectivity index is 1.63. The fraction of sp³-hybridized carbons (Fsp3) is 0.167. The standard InChI is InChI=1S/C24H22N2O2/c1-24(28,23-19-11-5-7-13-21(19)25-23)20-12-6-8-14-22(20)26(17-27)16-15-18-9-3-2-4-10-18/h2-14,17,28H,15-16H2,1H3. The minimum absolute atomic E-state index is 0.531. The fourth-order valence-electron chi connectivity index (χ4n) is 3.66. The van der Waals surface area contributed by atoms with Crippen LogP contribution in [0, 0.1) is 0 Å². The van der Waals surface area contributed by atoms with Crippen molar-refractivity contribution in [1.82, 2.24) is 0 Å². The second-order valence-electron chi connectivity index (χ2n) is 7.10. The molecule has 3 aromatic carbocycles. The maximum Gasteiger partial charge on any atom is 0.214 e. The predicted octanol–water partition coefficient (Wildman–Crippen LogP) is 4.23. The van der Waals surface area contributed by atoms with Gasteiger partial charge in [-0.05, 0) is 31.0 Å². The average molecular weight is 370 g/mol. The second kappa shape index (κ2) is 7.41. The Hall–Kier alpha value is -3.24. The van der Waals surface area contributed by atoms with Crippen molar-refractivity contribution in [3.63, 3.8) is 0 Å². The number of aliphatic imine (C=N–C) groups is 1. The molecular formula is C24H22N2O2. The highest BCUT2D eigenvalue weighted by Crippen LogP contribution is 2.41. The van der Waals surface area contributed by atoms with Crippen molar-refractivity contribution in [2.75, 3.05) is 11.4 Å². The molecule has 1 heterocycles. The van der Waals surface area contributed by atoms with Gasteiger partial charge in [-0.1, -0.05) is 66.7 Å². The lowest BCUT2D eigenvalue weighted by molar-refractivity contribution is -0.107. The fourth-order valence-corrected chi connectivity index (χ4v) is 3.66. The van der Waals surface area contributed by atoms with Crippen LogP contribution in [0.15, 0.2) is 83.9 Å². The largest absolute Gasteiger partial charge is 0.379 e. The number of nitrogens with zero attached hydrogens (tertiary/aromatic N) is 2. The zero-order chi connectivity index (χ0) is 19.6. The summed E-state index contributed by atoms with van der Waals surface area (Å²) in [4.78, 5) is 18.0. The zero-order valence-electron chi connectivity index (χ0n) is 15.7. The van der Waals surface area contributed by atoms with E-state index in [-0.39, 0.29) is 0 Å². The van der Waals surface area contributed by atoms with E-state index in [9.17, 15) is 9.90 Å². The molecule has 0 radical (unpaired) electrons. The first kappa shape index (κ1) is 18.1. The smallest absolute Gasteiger partial charge is 0.214 e. The summed E-state index contributed by atoms with van der Waals surface area (Å²) in [6.45, 7) is 2.27. The summed E-state index contributed by atoms with van der Waals surface area (Å²) in [5, 5.41) is 11.4. The van der Waals surface area contributed by atoms with E-state index in [1.807, 2.05) is 78.9 Å². The minimum atomic E-state index is -1.29. The van der Waals surface area contributed by atoms with Crippen LogP contribution in [-0.2, 0) is 16.8 Å². The Morgan fingerprint density at radius 1 is 0.964 bits per heavy atom. The van der Waals surface area contributed by atoms with Crippen LogP contribution in [0.5, 0.6) is 0 Å². The summed E-state index contributed by atoms with van der Waals surface area (Å²) in [5.41, 5.74) is 3.70. The molecule has 1 aliphatic heterocycles. The van der Waals surface area contributed by atoms with Crippen LogP contribution in [0.3, 0.4) is 0 Å². The number of hydrogen-bond acceptors (Lipinski definition) is 3. The lowest BCUT2D eigenvalue weighted by Crippen LogP contribution is -2.38. The van der Waals surface area contributed by atoms with E-state index in [1.165, 1.54) is 0 Å². The topological polar surface area (TPSA) is 52.9 Å². The first-order chi connectivity index (χ1) is 13.6. The Kier molecular flexibility index (Phi) is 4.80. The van der Waals surface area contributed by atoms with Crippen molar-refractivity contribution >= 4 is 23.5 Å². The summed E-state index contributed by atoms with van der Waals surface area (Å²) in [6, 6.07) is 25.3. The van der Waals surface area contributed by atoms with Crippen molar-refractivity contribution in [3.8, 4) is 0 Å². The molecule has 0 saturated heterocycles. The maximum atomic E-state index is 11.9. The molecule has 0 saturated carbocycles. The molecule has 0 aliphatic carbocycles. The van der Waals surface area contributed by atoms with Gasteiger partial charge in [0.25, 0.3) is 0 Å². The number of rotatable bonds is 7. The van der Waals surface area contributed by atoms with E-state index in [2.05, 4.69) is 4.99 Å². The highest BCUT2D eigenvalue weighted by atomic mass is 16.3. The molecule has 28 heavy (non-hydrogen) atoms. The van der Waals surface area contributed by atoms with Gasteiger partial charge in [0.05, 0.1) is 11.4 Å². The normalized spacial score (nSPS) is 14.3. The van der Waals surface area contributed by atoms with Gasteiger partial charge in [0, 0.05) is 23.4 Å². The highest BCUT2D eigenvalue weighted by Gasteiger charge is 2.38. The van der Waals surface area contributed by atoms with Gasteiger partial charge in [0.2, 0.25) is 6.41 Å². The summed E-state index contributed by atoms with van der Waals surface area (Å²) in [5.74, 6) is 0. The molecule has 0 bridgehead atoms. The van der Waals surface area contributed by atoms with Crippen LogP contribution in [0.1, 0.15) is 23.6 Å². The third-order valence-corrected chi connectivity index (χ3v) is 5.20. The third kappa shape index (κ3) is 3.23. The Labute approximate surface area is 164 Å². The van der Waals surface area contributed by atoms with Gasteiger partial charge < -0.3 is 10.0 Å². The van der Waals surface area contributed by atoms with Gasteiger partial charge in [0.15, 0.2) is 0 Å². The van der Waals surface area contributed by atoms with Gasteiger partial charge in [-0.3, -0.25) is 4.79 Å². The summed E-state index contributed by atoms with van der Waals surface area (Å²) in [6.07, 6.45) is 1.56. The number of fused-ring (bicyclic) bond motifs is 1. The molecule has 1 atom stereocenters. The van der Waals surface area contributed by atoms with Crippen LogP contribution in [0.4, 0.5) is 11.4 Å². The van der Waals surface area contributed by atoms with Gasteiger partial charge in [-0.15, -0.1) is 0 Å². The summed E-state index contributed by atoms with van der Waals surface area (Å²) in [7, 11) is 0. The molecule has 4 heteroatoms. The van der Waals surface area contributed by atoms with Crippen molar-refractivity contribution in [3.05, 3.63) is 95.6 Å². The first-order valence-corrected chi connectivity index (χ1v) is 9.37. The molecule has 4 rings (SSSR count). The molecule has 3 aromatic rings. The van der Waals surface area contributed by atoms with Crippen molar-refractivity contribution in [1.29, 1.82) is 0 Å². The monoisotopic (exact) mass is 370 g/mol. The first-order valence-electron chi connectivity index (χ1n) is 9.37. The Bertz CT molecular complexity index is 1030. The van der Waals surface area contributed by atoms with E-state index in [0.717, 1.165) is 29.6 Å². The van der Waals surface area contributed by atoms with E-state index in [1.54, 1.807) is 11.8 Å². The van der Waals surface area contributed by atoms with Crippen LogP contribution >= 0.6 is 0 Å². The number of hydrogen-bond donors (Lipinski definition) is 1. The molecule has 0 fully saturated rings. The number of para-hydroxylation sites is 2. The molecule has 140 valence electrons. The predicted molar refractivity (Wildman–Crippen MR) is 112 cm³/mol. The van der Waals surface area contributed by atoms with Crippen LogP contribution in [0.2, 0.25) is 0 Å². The number of anilines is 1. The number of benzene rings is 3. The van der Waals surface area contributed by atoms with E-state index in [4.69, 9.17) is 0 Å². The number of carbonyl (C=O) groups is 1. The van der Waals surface area contributed by atoms with Gasteiger partial charge in [-0.25, -0.2) is 4.99 Å². The SMILES string of the molecule is CC(O)(C1=Nc2ccccc21)c1ccccc1N(C=O)CCc1ccccc1. The molecular weight excluding hydrogens is 348 g/mol. The third-order valence-electron chi connectivity index (χ3n) is 5.20. The van der Waals surface area contributed by atoms with Crippen molar-refractivity contribution in [2.24, 2.45) is 4.99 Å². The van der Waals surface area contributed by atoms with Crippen molar-refractivity contribution < 1.29 is 9.90 Å². The van der Waals surface area contributed by atoms with E-state index in [0.29, 0.717) is 23.5 Å². The second-order valence-corrected chi connectivity index (χ2v) is 7.10. The molecule has 1 aliphatic rings. The lowest BCUT2D eigenvalue weighted by atomic mass is 9.82. The minimum Gasteiger partial charge on any atom is -0.379 e. The maximum absolute atomic E-state index is 11.9. The van der Waals surface area contributed by atoms with Gasteiger partial charge in [-0.2, -0.15) is 0 Å². The average Bonchev–Trinajstić information content (AvgIpc) is 2.70. The summed E-state index contributed by atoms with van der Waals surface area (Å²) < 4.78 is 0. The number of carbonyl (C=O) groups excluding carboxylic acids is 1. The van der Waals surface area contributed by atoms with Gasteiger partial charge in [0.1, 0.15) is 5.60 Å². The Morgan fingerprint density at radius 2 is 1.64 bits per heavy atom. The van der Waals surface area contributed by atoms with Crippen LogP contribution in [0.25, 0.3) is 0 Å². The summed E-state index contributed by atoms with van der Waals surface area (Å²) >= 11 is 0. The van der Waals surface area contributed by atoms with Crippen molar-refractivity contribution in [2.45, 2.75) is 18.9 Å². The Morgan fingerprint density at radius 3 is 2.39 bits per heavy atom. The molecule has 1 unspecified atom stereocenters. The molecule has 4 nitrogen and oxygen atoms in total. The lowest BCUT2D eigenvalue weighted by Gasteiger charge is -2.34. The number of aliphatic hydroxyl groups is 1. The molecule has 0 aromatic heterocycles.